The van der Waals surface area contributed by atoms with Crippen LogP contribution in [0.2, 0.25) is 0 Å². The number of carbonyl (C=O) groups excluding carboxylic acids is 3. The summed E-state index contributed by atoms with van der Waals surface area (Å²) in [5.41, 5.74) is 0. The second kappa shape index (κ2) is 53.0. The Morgan fingerprint density at radius 2 is 0.609 bits per heavy atom. The van der Waals surface area contributed by atoms with Crippen molar-refractivity contribution in [2.75, 3.05) is 13.2 Å². The molecule has 64 heavy (non-hydrogen) atoms. The number of esters is 3. The minimum Gasteiger partial charge on any atom is -0.462 e. The van der Waals surface area contributed by atoms with Crippen LogP contribution in [0.3, 0.4) is 0 Å². The van der Waals surface area contributed by atoms with Gasteiger partial charge in [-0.3, -0.25) is 14.4 Å². The number of carbonyl (C=O) groups is 3. The maximum Gasteiger partial charge on any atom is 0.306 e. The molecule has 0 bridgehead atoms. The van der Waals surface area contributed by atoms with Crippen molar-refractivity contribution in [2.24, 2.45) is 0 Å². The molecule has 0 saturated heterocycles. The summed E-state index contributed by atoms with van der Waals surface area (Å²) >= 11 is 0. The van der Waals surface area contributed by atoms with E-state index in [9.17, 15) is 14.4 Å². The number of unbranched alkanes of at least 4 members (excludes halogenated alkanes) is 31. The van der Waals surface area contributed by atoms with Gasteiger partial charge in [-0.05, 0) is 77.0 Å². The Kier molecular flexibility index (Phi) is 50.8. The first-order chi connectivity index (χ1) is 31.5. The SMILES string of the molecule is CC/C=C\C/C=C\C/C=C\CCCCCCCC(=O)OC(COC(=O)CCCCCCCCCC)COC(=O)CCCCCCCCCCCCC/C=C\CCCCCCCCCC. The Hall–Kier alpha value is -2.63. The summed E-state index contributed by atoms with van der Waals surface area (Å²) in [6.07, 6.45) is 64.0. The summed E-state index contributed by atoms with van der Waals surface area (Å²) < 4.78 is 16.8. The van der Waals surface area contributed by atoms with Crippen LogP contribution in [-0.4, -0.2) is 37.2 Å². The van der Waals surface area contributed by atoms with Crippen LogP contribution in [0.25, 0.3) is 0 Å². The van der Waals surface area contributed by atoms with Crippen molar-refractivity contribution in [1.82, 2.24) is 0 Å². The summed E-state index contributed by atoms with van der Waals surface area (Å²) in [5.74, 6) is -0.891. The first-order valence-corrected chi connectivity index (χ1v) is 27.6. The van der Waals surface area contributed by atoms with E-state index in [2.05, 4.69) is 69.4 Å². The third-order valence-electron chi connectivity index (χ3n) is 12.1. The molecule has 0 aromatic rings. The quantitative estimate of drug-likeness (QED) is 0.0262. The summed E-state index contributed by atoms with van der Waals surface area (Å²) in [6.45, 7) is 6.50. The molecule has 0 rings (SSSR count). The van der Waals surface area contributed by atoms with Gasteiger partial charge in [0.25, 0.3) is 0 Å². The van der Waals surface area contributed by atoms with Crippen LogP contribution in [0, 0.1) is 0 Å². The van der Waals surface area contributed by atoms with E-state index in [4.69, 9.17) is 14.2 Å². The number of rotatable bonds is 50. The average molecular weight is 897 g/mol. The van der Waals surface area contributed by atoms with Crippen LogP contribution >= 0.6 is 0 Å². The molecule has 0 saturated carbocycles. The highest BCUT2D eigenvalue weighted by atomic mass is 16.6. The number of hydrogen-bond donors (Lipinski definition) is 0. The fraction of sp³-hybridized carbons (Fsp3) is 0.810. The Balaban J connectivity index is 4.20. The lowest BCUT2D eigenvalue weighted by Crippen LogP contribution is -2.30. The van der Waals surface area contributed by atoms with Gasteiger partial charge in [0.2, 0.25) is 0 Å². The lowest BCUT2D eigenvalue weighted by molar-refractivity contribution is -0.167. The van der Waals surface area contributed by atoms with E-state index in [0.717, 1.165) is 96.3 Å². The molecule has 0 heterocycles. The summed E-state index contributed by atoms with van der Waals surface area (Å²) in [5, 5.41) is 0. The number of hydrogen-bond acceptors (Lipinski definition) is 6. The van der Waals surface area contributed by atoms with E-state index in [1.54, 1.807) is 0 Å². The van der Waals surface area contributed by atoms with Crippen molar-refractivity contribution in [3.63, 3.8) is 0 Å². The lowest BCUT2D eigenvalue weighted by atomic mass is 10.0. The van der Waals surface area contributed by atoms with Gasteiger partial charge < -0.3 is 14.2 Å². The van der Waals surface area contributed by atoms with Gasteiger partial charge in [0.1, 0.15) is 13.2 Å². The van der Waals surface area contributed by atoms with Gasteiger partial charge in [0.05, 0.1) is 0 Å². The van der Waals surface area contributed by atoms with Gasteiger partial charge in [-0.25, -0.2) is 0 Å². The van der Waals surface area contributed by atoms with Gasteiger partial charge in [0, 0.05) is 19.3 Å². The zero-order chi connectivity index (χ0) is 46.5. The van der Waals surface area contributed by atoms with Crippen molar-refractivity contribution in [3.8, 4) is 0 Å². The summed E-state index contributed by atoms with van der Waals surface area (Å²) in [6, 6.07) is 0. The molecular weight excluding hydrogens is 793 g/mol. The lowest BCUT2D eigenvalue weighted by Gasteiger charge is -2.18. The second-order valence-corrected chi connectivity index (χ2v) is 18.5. The number of allylic oxidation sites excluding steroid dienone is 8. The van der Waals surface area contributed by atoms with E-state index in [1.807, 2.05) is 0 Å². The predicted molar refractivity (Wildman–Crippen MR) is 275 cm³/mol. The molecule has 0 aliphatic rings. The van der Waals surface area contributed by atoms with E-state index in [-0.39, 0.29) is 31.1 Å². The zero-order valence-electron chi connectivity index (χ0n) is 42.6. The Morgan fingerprint density at radius 3 is 0.969 bits per heavy atom. The fourth-order valence-corrected chi connectivity index (χ4v) is 7.92. The minimum atomic E-state index is -0.778. The smallest absolute Gasteiger partial charge is 0.306 e. The third-order valence-corrected chi connectivity index (χ3v) is 12.1. The summed E-state index contributed by atoms with van der Waals surface area (Å²) in [4.78, 5) is 37.9. The molecule has 0 spiro atoms. The van der Waals surface area contributed by atoms with Crippen molar-refractivity contribution in [3.05, 3.63) is 48.6 Å². The second-order valence-electron chi connectivity index (χ2n) is 18.5. The molecule has 0 amide bonds. The topological polar surface area (TPSA) is 78.9 Å². The first kappa shape index (κ1) is 61.4. The largest absolute Gasteiger partial charge is 0.462 e. The minimum absolute atomic E-state index is 0.0785. The van der Waals surface area contributed by atoms with Crippen LogP contribution < -0.4 is 0 Å². The molecule has 1 atom stereocenters. The first-order valence-electron chi connectivity index (χ1n) is 27.6. The standard InChI is InChI=1S/C58H104O6/c1-4-7-10-13-16-19-21-23-25-26-27-28-29-30-31-32-34-35-37-39-42-45-48-51-57(60)63-54-55(53-62-56(59)50-47-44-41-18-15-12-9-6-3)64-58(61)52-49-46-43-40-38-36-33-24-22-20-17-14-11-8-5-2/h8,11,17,20,24,26-27,33,55H,4-7,9-10,12-16,18-19,21-23,25,28-32,34-54H2,1-3H3/b11-8-,20-17-,27-26-,33-24-. The molecule has 372 valence electrons. The van der Waals surface area contributed by atoms with Crippen molar-refractivity contribution >= 4 is 17.9 Å². The van der Waals surface area contributed by atoms with Gasteiger partial charge in [0.15, 0.2) is 6.10 Å². The normalized spacial score (nSPS) is 12.4. The molecule has 0 radical (unpaired) electrons. The molecule has 6 heteroatoms. The fourth-order valence-electron chi connectivity index (χ4n) is 7.92. The van der Waals surface area contributed by atoms with Crippen molar-refractivity contribution in [2.45, 2.75) is 290 Å². The Bertz CT molecular complexity index is 1120. The van der Waals surface area contributed by atoms with Crippen molar-refractivity contribution in [1.29, 1.82) is 0 Å². The molecule has 0 aliphatic heterocycles. The van der Waals surface area contributed by atoms with E-state index in [1.165, 1.54) is 148 Å². The van der Waals surface area contributed by atoms with Gasteiger partial charge >= 0.3 is 17.9 Å². The molecule has 0 N–H and O–H groups in total. The average Bonchev–Trinajstić information content (AvgIpc) is 3.29. The highest BCUT2D eigenvalue weighted by Crippen LogP contribution is 2.16. The van der Waals surface area contributed by atoms with E-state index in [0.29, 0.717) is 19.3 Å². The molecular formula is C58H104O6. The molecule has 0 aliphatic carbocycles. The highest BCUT2D eigenvalue weighted by molar-refractivity contribution is 5.71. The van der Waals surface area contributed by atoms with Crippen LogP contribution in [-0.2, 0) is 28.6 Å². The molecule has 1 unspecified atom stereocenters. The third kappa shape index (κ3) is 50.4. The molecule has 6 nitrogen and oxygen atoms in total. The Labute approximate surface area is 397 Å². The number of ether oxygens (including phenoxy) is 3. The van der Waals surface area contributed by atoms with Crippen LogP contribution in [0.1, 0.15) is 284 Å². The van der Waals surface area contributed by atoms with E-state index >= 15 is 0 Å². The van der Waals surface area contributed by atoms with Gasteiger partial charge in [-0.1, -0.05) is 236 Å². The van der Waals surface area contributed by atoms with Gasteiger partial charge in [-0.2, -0.15) is 0 Å². The Morgan fingerprint density at radius 1 is 0.328 bits per heavy atom. The zero-order valence-corrected chi connectivity index (χ0v) is 42.6. The molecule has 0 fully saturated rings. The predicted octanol–water partition coefficient (Wildman–Crippen LogP) is 18.3. The monoisotopic (exact) mass is 897 g/mol. The molecule has 0 aromatic heterocycles. The van der Waals surface area contributed by atoms with Crippen molar-refractivity contribution < 1.29 is 28.6 Å². The van der Waals surface area contributed by atoms with E-state index < -0.39 is 6.10 Å². The summed E-state index contributed by atoms with van der Waals surface area (Å²) in [7, 11) is 0. The maximum absolute atomic E-state index is 12.8. The maximum atomic E-state index is 12.8. The van der Waals surface area contributed by atoms with Crippen LogP contribution in [0.15, 0.2) is 48.6 Å². The molecule has 0 aromatic carbocycles. The highest BCUT2D eigenvalue weighted by Gasteiger charge is 2.19. The van der Waals surface area contributed by atoms with Crippen LogP contribution in [0.4, 0.5) is 0 Å². The van der Waals surface area contributed by atoms with Crippen LogP contribution in [0.5, 0.6) is 0 Å². The van der Waals surface area contributed by atoms with Gasteiger partial charge in [-0.15, -0.1) is 0 Å².